The normalized spacial score (nSPS) is 14.1. The van der Waals surface area contributed by atoms with Crippen LogP contribution in [0.3, 0.4) is 0 Å². The third-order valence-electron chi connectivity index (χ3n) is 5.48. The maximum atomic E-state index is 13.7. The van der Waals surface area contributed by atoms with Crippen molar-refractivity contribution in [2.24, 2.45) is 0 Å². The van der Waals surface area contributed by atoms with Gasteiger partial charge in [0, 0.05) is 6.54 Å². The Kier molecular flexibility index (Phi) is 14.7. The minimum Gasteiger partial charge on any atom is -0.544 e. The topological polar surface area (TPSA) is 105 Å². The van der Waals surface area contributed by atoms with Gasteiger partial charge < -0.3 is 23.9 Å². The molecule has 0 aliphatic rings. The fourth-order valence-electron chi connectivity index (χ4n) is 3.12. The Labute approximate surface area is 223 Å². The molecule has 40 heavy (non-hydrogen) atoms. The molecule has 0 saturated heterocycles. The van der Waals surface area contributed by atoms with Gasteiger partial charge in [-0.25, -0.2) is 0 Å². The van der Waals surface area contributed by atoms with Gasteiger partial charge in [-0.15, -0.1) is 0 Å². The Morgan fingerprint density at radius 3 is 1.95 bits per heavy atom. The summed E-state index contributed by atoms with van der Waals surface area (Å²) in [6.07, 6.45) is -8.53. The highest BCUT2D eigenvalue weighted by Gasteiger charge is 2.81. The van der Waals surface area contributed by atoms with Crippen molar-refractivity contribution < 1.29 is 77.4 Å². The van der Waals surface area contributed by atoms with Gasteiger partial charge in [0.05, 0.1) is 59.3 Å². The number of carboxylic acids is 1. The van der Waals surface area contributed by atoms with E-state index in [-0.39, 0.29) is 24.2 Å². The van der Waals surface area contributed by atoms with E-state index >= 15 is 0 Å². The lowest BCUT2D eigenvalue weighted by molar-refractivity contribution is -0.883. The monoisotopic (exact) mass is 610 g/mol. The number of nitrogens with zero attached hydrogens (tertiary/aromatic N) is 1. The van der Waals surface area contributed by atoms with Gasteiger partial charge in [0.15, 0.2) is 0 Å². The average molecular weight is 610 g/mol. The number of rotatable bonds is 20. The first kappa shape index (κ1) is 37.6. The third-order valence-corrected chi connectivity index (χ3v) is 5.48. The molecular weight excluding hydrogens is 578 g/mol. The van der Waals surface area contributed by atoms with E-state index in [1.807, 2.05) is 0 Å². The molecule has 0 aromatic carbocycles. The Balaban J connectivity index is 5.27. The van der Waals surface area contributed by atoms with Gasteiger partial charge in [0.25, 0.3) is 0 Å². The SMILES string of the molecule is C[N+](C)(CCNC(CC(=O)OCCCCCCF)C(=O)OCCC(F)(F)C(F)(F)C(F)(F)C(F)(F)F)CC(=O)[O-]. The number of carbonyl (C=O) groups excluding carboxylic acids is 3. The van der Waals surface area contributed by atoms with Crippen molar-refractivity contribution in [3.8, 4) is 0 Å². The predicted octanol–water partition coefficient (Wildman–Crippen LogP) is 2.64. The number of carboxylic acid groups (broad SMARTS) is 1. The van der Waals surface area contributed by atoms with Crippen molar-refractivity contribution in [2.45, 2.75) is 68.5 Å². The number of aliphatic carboxylic acids is 1. The van der Waals surface area contributed by atoms with Crippen LogP contribution in [0.15, 0.2) is 0 Å². The van der Waals surface area contributed by atoms with Crippen LogP contribution >= 0.6 is 0 Å². The van der Waals surface area contributed by atoms with Crippen molar-refractivity contribution in [3.63, 3.8) is 0 Å². The minimum absolute atomic E-state index is 0.00179. The molecule has 0 saturated carbocycles. The molecule has 0 radical (unpaired) electrons. The molecule has 0 amide bonds. The van der Waals surface area contributed by atoms with E-state index in [4.69, 9.17) is 4.74 Å². The lowest BCUT2D eigenvalue weighted by Gasteiger charge is -2.33. The van der Waals surface area contributed by atoms with Crippen LogP contribution in [0.2, 0.25) is 0 Å². The highest BCUT2D eigenvalue weighted by molar-refractivity contribution is 5.82. The molecule has 0 aromatic heterocycles. The quantitative estimate of drug-likeness (QED) is 0.0979. The number of ether oxygens (including phenoxy) is 2. The van der Waals surface area contributed by atoms with Crippen LogP contribution in [0, 0.1) is 0 Å². The van der Waals surface area contributed by atoms with Crippen LogP contribution in [0.5, 0.6) is 0 Å². The van der Waals surface area contributed by atoms with Gasteiger partial charge in [-0.3, -0.25) is 19.3 Å². The Morgan fingerprint density at radius 1 is 0.850 bits per heavy atom. The first-order valence-electron chi connectivity index (χ1n) is 11.9. The smallest absolute Gasteiger partial charge is 0.460 e. The Hall–Kier alpha value is -2.37. The van der Waals surface area contributed by atoms with E-state index in [2.05, 4.69) is 10.1 Å². The van der Waals surface area contributed by atoms with E-state index in [1.165, 1.54) is 14.1 Å². The third kappa shape index (κ3) is 12.0. The number of carbonyl (C=O) groups is 3. The summed E-state index contributed by atoms with van der Waals surface area (Å²) in [5.41, 5.74) is 0. The molecule has 0 spiro atoms. The molecule has 1 atom stereocenters. The molecule has 236 valence electrons. The van der Waals surface area contributed by atoms with Gasteiger partial charge >= 0.3 is 35.9 Å². The van der Waals surface area contributed by atoms with Crippen molar-refractivity contribution in [2.75, 3.05) is 53.6 Å². The van der Waals surface area contributed by atoms with Gasteiger partial charge in [0.1, 0.15) is 12.6 Å². The van der Waals surface area contributed by atoms with E-state index in [9.17, 15) is 63.4 Å². The van der Waals surface area contributed by atoms with Gasteiger partial charge in [-0.1, -0.05) is 6.42 Å². The largest absolute Gasteiger partial charge is 0.544 e. The number of likely N-dealkylation sites (N-methyl/N-ethyl adjacent to an activating group) is 1. The molecule has 0 heterocycles. The van der Waals surface area contributed by atoms with Gasteiger partial charge in [0.2, 0.25) is 0 Å². The summed E-state index contributed by atoms with van der Waals surface area (Å²) in [6, 6.07) is -1.67. The summed E-state index contributed by atoms with van der Waals surface area (Å²) in [7, 11) is 2.92. The summed E-state index contributed by atoms with van der Waals surface area (Å²) in [5.74, 6) is -23.9. The van der Waals surface area contributed by atoms with Crippen molar-refractivity contribution in [3.05, 3.63) is 0 Å². The first-order chi connectivity index (χ1) is 18.1. The maximum absolute atomic E-state index is 13.7. The molecule has 0 bridgehead atoms. The highest BCUT2D eigenvalue weighted by Crippen LogP contribution is 2.53. The molecule has 0 aromatic rings. The standard InChI is InChI=1S/C22H32F10N2O6/c1-34(2,14-16(35)36)10-9-33-15(13-17(37)39-11-6-4-3-5-8-23)18(38)40-12-7-19(24,25)20(26,27)21(28,29)22(30,31)32/h15,33H,3-14H2,1-2H3. The number of nitrogens with one attached hydrogen (secondary N) is 1. The second-order valence-corrected chi connectivity index (χ2v) is 9.49. The number of alkyl halides is 10. The lowest BCUT2D eigenvalue weighted by Crippen LogP contribution is -2.61. The summed E-state index contributed by atoms with van der Waals surface area (Å²) in [4.78, 5) is 35.3. The van der Waals surface area contributed by atoms with Crippen LogP contribution in [-0.2, 0) is 23.9 Å². The minimum atomic E-state index is -7.09. The van der Waals surface area contributed by atoms with E-state index in [0.717, 1.165) is 0 Å². The van der Waals surface area contributed by atoms with Gasteiger partial charge in [-0.2, -0.15) is 39.5 Å². The summed E-state index contributed by atoms with van der Waals surface area (Å²) in [5, 5.41) is 13.3. The second-order valence-electron chi connectivity index (χ2n) is 9.49. The zero-order valence-corrected chi connectivity index (χ0v) is 21.7. The number of halogens is 10. The van der Waals surface area contributed by atoms with Crippen LogP contribution in [0.25, 0.3) is 0 Å². The highest BCUT2D eigenvalue weighted by atomic mass is 19.4. The zero-order valence-electron chi connectivity index (χ0n) is 21.7. The summed E-state index contributed by atoms with van der Waals surface area (Å²) in [6.45, 7) is -3.03. The number of hydrogen-bond acceptors (Lipinski definition) is 7. The predicted molar refractivity (Wildman–Crippen MR) is 115 cm³/mol. The van der Waals surface area contributed by atoms with Crippen LogP contribution in [-0.4, -0.2) is 106 Å². The Morgan fingerprint density at radius 2 is 1.43 bits per heavy atom. The molecule has 8 nitrogen and oxygen atoms in total. The van der Waals surface area contributed by atoms with Crippen molar-refractivity contribution in [1.82, 2.24) is 5.32 Å². The van der Waals surface area contributed by atoms with E-state index in [1.54, 1.807) is 0 Å². The molecule has 0 fully saturated rings. The Bertz CT molecular complexity index is 824. The molecule has 0 aliphatic heterocycles. The first-order valence-corrected chi connectivity index (χ1v) is 11.9. The zero-order chi connectivity index (χ0) is 31.4. The van der Waals surface area contributed by atoms with E-state index < -0.39 is 80.6 Å². The van der Waals surface area contributed by atoms with Crippen LogP contribution in [0.4, 0.5) is 43.9 Å². The molecule has 1 unspecified atom stereocenters. The van der Waals surface area contributed by atoms with Gasteiger partial charge in [-0.05, 0) is 19.3 Å². The molecule has 0 aliphatic carbocycles. The molecule has 1 N–H and O–H groups in total. The molecule has 0 rings (SSSR count). The molecular formula is C22H32F10N2O6. The lowest BCUT2D eigenvalue weighted by atomic mass is 10.0. The number of esters is 2. The average Bonchev–Trinajstić information content (AvgIpc) is 2.78. The number of hydrogen-bond donors (Lipinski definition) is 1. The summed E-state index contributed by atoms with van der Waals surface area (Å²) >= 11 is 0. The van der Waals surface area contributed by atoms with Crippen LogP contribution < -0.4 is 10.4 Å². The molecule has 18 heteroatoms. The number of quaternary nitrogens is 1. The van der Waals surface area contributed by atoms with Crippen LogP contribution in [0.1, 0.15) is 38.5 Å². The fraction of sp³-hybridized carbons (Fsp3) is 0.864. The van der Waals surface area contributed by atoms with Crippen molar-refractivity contribution in [1.29, 1.82) is 0 Å². The second kappa shape index (κ2) is 15.6. The van der Waals surface area contributed by atoms with Crippen molar-refractivity contribution >= 4 is 17.9 Å². The number of unbranched alkanes of at least 4 members (excludes halogenated alkanes) is 3. The van der Waals surface area contributed by atoms with E-state index in [0.29, 0.717) is 25.7 Å². The maximum Gasteiger partial charge on any atom is 0.460 e. The summed E-state index contributed by atoms with van der Waals surface area (Å²) < 4.78 is 138. The fourth-order valence-corrected chi connectivity index (χ4v) is 3.12.